The van der Waals surface area contributed by atoms with Crippen LogP contribution >= 0.6 is 0 Å². The van der Waals surface area contributed by atoms with Gasteiger partial charge in [0.2, 0.25) is 5.95 Å². The number of benzene rings is 1. The van der Waals surface area contributed by atoms with Gasteiger partial charge in [-0.05, 0) is 12.1 Å². The summed E-state index contributed by atoms with van der Waals surface area (Å²) < 4.78 is 1.50. The van der Waals surface area contributed by atoms with Crippen LogP contribution in [0.2, 0.25) is 0 Å². The summed E-state index contributed by atoms with van der Waals surface area (Å²) in [6, 6.07) is 8.97. The third kappa shape index (κ3) is 2.01. The first kappa shape index (κ1) is 9.39. The van der Waals surface area contributed by atoms with E-state index in [4.69, 9.17) is 0 Å². The Morgan fingerprint density at radius 3 is 2.67 bits per heavy atom. The third-order valence-electron chi connectivity index (χ3n) is 1.97. The molecular weight excluding hydrogens is 192 g/mol. The average Bonchev–Trinajstić information content (AvgIpc) is 2.66. The lowest BCUT2D eigenvalue weighted by atomic mass is 10.2. The van der Waals surface area contributed by atoms with Crippen LogP contribution in [0.15, 0.2) is 36.7 Å². The van der Waals surface area contributed by atoms with E-state index in [2.05, 4.69) is 15.4 Å². The summed E-state index contributed by atoms with van der Waals surface area (Å²) >= 11 is 0. The fraction of sp³-hybridized carbons (Fsp3) is 0.100. The van der Waals surface area contributed by atoms with Crippen molar-refractivity contribution in [2.24, 2.45) is 7.05 Å². The molecule has 0 aliphatic heterocycles. The minimum absolute atomic E-state index is 0.188. The fourth-order valence-corrected chi connectivity index (χ4v) is 1.17. The lowest BCUT2D eigenvalue weighted by Crippen LogP contribution is -2.15. The third-order valence-corrected chi connectivity index (χ3v) is 1.97. The lowest BCUT2D eigenvalue weighted by Gasteiger charge is -2.02. The summed E-state index contributed by atoms with van der Waals surface area (Å²) in [6.45, 7) is 0. The van der Waals surface area contributed by atoms with E-state index in [1.165, 1.54) is 11.0 Å². The van der Waals surface area contributed by atoms with Gasteiger partial charge in [0.15, 0.2) is 0 Å². The zero-order valence-corrected chi connectivity index (χ0v) is 8.21. The molecular formula is C10H10N4O. The molecule has 2 rings (SSSR count). The maximum atomic E-state index is 11.7. The molecule has 5 heteroatoms. The lowest BCUT2D eigenvalue weighted by molar-refractivity contribution is 0.102. The van der Waals surface area contributed by atoms with Crippen molar-refractivity contribution >= 4 is 11.9 Å². The molecule has 0 aliphatic rings. The maximum Gasteiger partial charge on any atom is 0.258 e. The molecule has 1 amide bonds. The molecule has 1 aromatic carbocycles. The summed E-state index contributed by atoms with van der Waals surface area (Å²) in [5.41, 5.74) is 0.598. The molecule has 0 aliphatic carbocycles. The van der Waals surface area contributed by atoms with Crippen LogP contribution in [0.25, 0.3) is 0 Å². The van der Waals surface area contributed by atoms with Crippen LogP contribution in [0.5, 0.6) is 0 Å². The molecule has 0 saturated heterocycles. The van der Waals surface area contributed by atoms with E-state index in [0.717, 1.165) is 0 Å². The van der Waals surface area contributed by atoms with Gasteiger partial charge in [-0.25, -0.2) is 4.68 Å². The van der Waals surface area contributed by atoms with Gasteiger partial charge in [0.1, 0.15) is 6.33 Å². The summed E-state index contributed by atoms with van der Waals surface area (Å²) in [5, 5.41) is 6.51. The van der Waals surface area contributed by atoms with E-state index in [0.29, 0.717) is 11.5 Å². The highest BCUT2D eigenvalue weighted by molar-refractivity contribution is 6.03. The molecule has 76 valence electrons. The number of carbonyl (C=O) groups excluding carboxylic acids is 1. The Hall–Kier alpha value is -2.17. The molecule has 0 spiro atoms. The first-order chi connectivity index (χ1) is 7.27. The highest BCUT2D eigenvalue weighted by Crippen LogP contribution is 2.03. The van der Waals surface area contributed by atoms with Gasteiger partial charge in [0.05, 0.1) is 0 Å². The van der Waals surface area contributed by atoms with Crippen LogP contribution in [-0.2, 0) is 7.05 Å². The number of carbonyl (C=O) groups is 1. The van der Waals surface area contributed by atoms with Gasteiger partial charge in [0, 0.05) is 12.6 Å². The molecule has 1 N–H and O–H groups in total. The van der Waals surface area contributed by atoms with Crippen molar-refractivity contribution in [2.75, 3.05) is 5.32 Å². The van der Waals surface area contributed by atoms with E-state index in [-0.39, 0.29) is 5.91 Å². The predicted molar refractivity (Wildman–Crippen MR) is 55.4 cm³/mol. The summed E-state index contributed by atoms with van der Waals surface area (Å²) in [6.07, 6.45) is 1.39. The van der Waals surface area contributed by atoms with Gasteiger partial charge in [-0.2, -0.15) is 10.1 Å². The second-order valence-corrected chi connectivity index (χ2v) is 3.03. The van der Waals surface area contributed by atoms with E-state index >= 15 is 0 Å². The SMILES string of the molecule is Cn1ncnc1NC(=O)c1ccccc1. The molecule has 0 bridgehead atoms. The van der Waals surface area contributed by atoms with Gasteiger partial charge >= 0.3 is 0 Å². The Labute approximate surface area is 86.8 Å². The number of hydrogen-bond donors (Lipinski definition) is 1. The highest BCUT2D eigenvalue weighted by Gasteiger charge is 2.07. The van der Waals surface area contributed by atoms with E-state index < -0.39 is 0 Å². The largest absolute Gasteiger partial charge is 0.291 e. The highest BCUT2D eigenvalue weighted by atomic mass is 16.1. The van der Waals surface area contributed by atoms with E-state index in [9.17, 15) is 4.79 Å². The minimum atomic E-state index is -0.188. The van der Waals surface area contributed by atoms with E-state index in [1.54, 1.807) is 19.2 Å². The second-order valence-electron chi connectivity index (χ2n) is 3.03. The number of aryl methyl sites for hydroxylation is 1. The Balaban J connectivity index is 2.15. The molecule has 1 aromatic heterocycles. The summed E-state index contributed by atoms with van der Waals surface area (Å²) in [7, 11) is 1.72. The van der Waals surface area contributed by atoms with Crippen molar-refractivity contribution in [2.45, 2.75) is 0 Å². The molecule has 0 atom stereocenters. The van der Waals surface area contributed by atoms with Crippen LogP contribution < -0.4 is 5.32 Å². The van der Waals surface area contributed by atoms with Crippen LogP contribution in [0.4, 0.5) is 5.95 Å². The van der Waals surface area contributed by atoms with Crippen molar-refractivity contribution < 1.29 is 4.79 Å². The standard InChI is InChI=1S/C10H10N4O/c1-14-10(11-7-12-14)13-9(15)8-5-3-2-4-6-8/h2-7H,1H3,(H,11,12,13,15). The minimum Gasteiger partial charge on any atom is -0.291 e. The number of hydrogen-bond acceptors (Lipinski definition) is 3. The van der Waals surface area contributed by atoms with Crippen molar-refractivity contribution in [3.63, 3.8) is 0 Å². The topological polar surface area (TPSA) is 59.8 Å². The number of rotatable bonds is 2. The first-order valence-corrected chi connectivity index (χ1v) is 4.48. The van der Waals surface area contributed by atoms with Gasteiger partial charge in [-0.15, -0.1) is 0 Å². The van der Waals surface area contributed by atoms with Gasteiger partial charge < -0.3 is 0 Å². The zero-order valence-electron chi connectivity index (χ0n) is 8.21. The van der Waals surface area contributed by atoms with Crippen molar-refractivity contribution in [1.29, 1.82) is 0 Å². The molecule has 2 aromatic rings. The van der Waals surface area contributed by atoms with Gasteiger partial charge in [0.25, 0.3) is 5.91 Å². The number of anilines is 1. The van der Waals surface area contributed by atoms with Gasteiger partial charge in [-0.3, -0.25) is 10.1 Å². The molecule has 5 nitrogen and oxygen atoms in total. The Bertz CT molecular complexity index is 463. The first-order valence-electron chi connectivity index (χ1n) is 4.48. The van der Waals surface area contributed by atoms with Crippen LogP contribution in [0, 0.1) is 0 Å². The second kappa shape index (κ2) is 3.91. The molecule has 15 heavy (non-hydrogen) atoms. The summed E-state index contributed by atoms with van der Waals surface area (Å²) in [4.78, 5) is 15.6. The Morgan fingerprint density at radius 1 is 1.33 bits per heavy atom. The molecule has 0 radical (unpaired) electrons. The maximum absolute atomic E-state index is 11.7. The number of nitrogens with one attached hydrogen (secondary N) is 1. The van der Waals surface area contributed by atoms with Crippen LogP contribution in [-0.4, -0.2) is 20.7 Å². The number of aromatic nitrogens is 3. The van der Waals surface area contributed by atoms with Crippen LogP contribution in [0.3, 0.4) is 0 Å². The average molecular weight is 202 g/mol. The summed E-state index contributed by atoms with van der Waals surface area (Å²) in [5.74, 6) is 0.246. The molecule has 0 fully saturated rings. The van der Waals surface area contributed by atoms with Crippen molar-refractivity contribution in [3.05, 3.63) is 42.2 Å². The Kier molecular flexibility index (Phi) is 2.45. The Morgan fingerprint density at radius 2 is 2.07 bits per heavy atom. The van der Waals surface area contributed by atoms with Crippen molar-refractivity contribution in [3.8, 4) is 0 Å². The smallest absolute Gasteiger partial charge is 0.258 e. The molecule has 0 saturated carbocycles. The zero-order chi connectivity index (χ0) is 10.7. The predicted octanol–water partition coefficient (Wildman–Crippen LogP) is 1.07. The number of nitrogens with zero attached hydrogens (tertiary/aromatic N) is 3. The molecule has 1 heterocycles. The quantitative estimate of drug-likeness (QED) is 0.792. The van der Waals surface area contributed by atoms with E-state index in [1.807, 2.05) is 18.2 Å². The monoisotopic (exact) mass is 202 g/mol. The van der Waals surface area contributed by atoms with Crippen LogP contribution in [0.1, 0.15) is 10.4 Å². The fourth-order valence-electron chi connectivity index (χ4n) is 1.17. The molecule has 0 unspecified atom stereocenters. The normalized spacial score (nSPS) is 9.93. The van der Waals surface area contributed by atoms with Gasteiger partial charge in [-0.1, -0.05) is 18.2 Å². The number of amides is 1. The van der Waals surface area contributed by atoms with Crippen molar-refractivity contribution in [1.82, 2.24) is 14.8 Å².